The van der Waals surface area contributed by atoms with Gasteiger partial charge in [0.1, 0.15) is 0 Å². The molecule has 0 amide bonds. The third-order valence-corrected chi connectivity index (χ3v) is 3.71. The number of nitrogens with one attached hydrogen (secondary N) is 1. The summed E-state index contributed by atoms with van der Waals surface area (Å²) < 4.78 is 5.63. The lowest BCUT2D eigenvalue weighted by Crippen LogP contribution is -2.40. The van der Waals surface area contributed by atoms with Gasteiger partial charge in [-0.25, -0.2) is 0 Å². The fourth-order valence-electron chi connectivity index (χ4n) is 2.80. The molecule has 0 aliphatic carbocycles. The molecular formula is C12H24N2O. The van der Waals surface area contributed by atoms with Gasteiger partial charge in [-0.15, -0.1) is 0 Å². The summed E-state index contributed by atoms with van der Waals surface area (Å²) in [5.74, 6) is 0. The van der Waals surface area contributed by atoms with Crippen LogP contribution in [0, 0.1) is 0 Å². The van der Waals surface area contributed by atoms with Gasteiger partial charge in [-0.2, -0.15) is 0 Å². The van der Waals surface area contributed by atoms with Crippen molar-refractivity contribution >= 4 is 0 Å². The van der Waals surface area contributed by atoms with Crippen LogP contribution in [0.1, 0.15) is 33.1 Å². The molecule has 1 N–H and O–H groups in total. The fourth-order valence-corrected chi connectivity index (χ4v) is 2.80. The highest BCUT2D eigenvalue weighted by molar-refractivity contribution is 4.89. The molecule has 0 aromatic carbocycles. The van der Waals surface area contributed by atoms with Crippen molar-refractivity contribution < 1.29 is 4.74 Å². The highest BCUT2D eigenvalue weighted by atomic mass is 16.5. The van der Waals surface area contributed by atoms with E-state index in [-0.39, 0.29) is 0 Å². The van der Waals surface area contributed by atoms with Crippen LogP contribution in [0.4, 0.5) is 0 Å². The lowest BCUT2D eigenvalue weighted by molar-refractivity contribution is 0.0823. The molecule has 0 radical (unpaired) electrons. The summed E-state index contributed by atoms with van der Waals surface area (Å²) in [5.41, 5.74) is 0. The Morgan fingerprint density at radius 3 is 2.93 bits per heavy atom. The zero-order valence-electron chi connectivity index (χ0n) is 10.0. The van der Waals surface area contributed by atoms with Crippen molar-refractivity contribution in [2.24, 2.45) is 0 Å². The first kappa shape index (κ1) is 11.4. The van der Waals surface area contributed by atoms with Gasteiger partial charge in [0, 0.05) is 31.8 Å². The molecule has 2 saturated heterocycles. The van der Waals surface area contributed by atoms with Crippen molar-refractivity contribution in [3.8, 4) is 0 Å². The molecule has 2 aliphatic rings. The summed E-state index contributed by atoms with van der Waals surface area (Å²) in [6, 6.07) is 1.40. The normalized spacial score (nSPS) is 37.6. The molecule has 2 rings (SSSR count). The van der Waals surface area contributed by atoms with Gasteiger partial charge in [-0.3, -0.25) is 4.90 Å². The summed E-state index contributed by atoms with van der Waals surface area (Å²) in [6.45, 7) is 9.03. The Morgan fingerprint density at radius 1 is 1.40 bits per heavy atom. The first-order chi connectivity index (χ1) is 7.31. The van der Waals surface area contributed by atoms with Gasteiger partial charge in [0.2, 0.25) is 0 Å². The van der Waals surface area contributed by atoms with Crippen LogP contribution in [-0.2, 0) is 4.74 Å². The molecule has 3 nitrogen and oxygen atoms in total. The van der Waals surface area contributed by atoms with Gasteiger partial charge in [0.15, 0.2) is 0 Å². The maximum atomic E-state index is 5.63. The number of hydrogen-bond acceptors (Lipinski definition) is 3. The molecule has 2 fully saturated rings. The SMILES string of the molecule is CCCNC1CCN(C2CCOC2C)C1. The zero-order valence-corrected chi connectivity index (χ0v) is 10.0. The van der Waals surface area contributed by atoms with Crippen LogP contribution < -0.4 is 5.32 Å². The minimum absolute atomic E-state index is 0.440. The van der Waals surface area contributed by atoms with E-state index >= 15 is 0 Å². The number of likely N-dealkylation sites (tertiary alicyclic amines) is 1. The van der Waals surface area contributed by atoms with E-state index in [4.69, 9.17) is 4.74 Å². The van der Waals surface area contributed by atoms with Crippen LogP contribution in [0.5, 0.6) is 0 Å². The quantitative estimate of drug-likeness (QED) is 0.759. The molecule has 88 valence electrons. The predicted octanol–water partition coefficient (Wildman–Crippen LogP) is 1.24. The molecule has 3 heteroatoms. The standard InChI is InChI=1S/C12H24N2O/c1-3-6-13-11-4-7-14(9-11)12-5-8-15-10(12)2/h10-13H,3-9H2,1-2H3. The monoisotopic (exact) mass is 212 g/mol. The Balaban J connectivity index is 1.76. The Hall–Kier alpha value is -0.120. The highest BCUT2D eigenvalue weighted by Gasteiger charge is 2.34. The summed E-state index contributed by atoms with van der Waals surface area (Å²) in [6.07, 6.45) is 4.21. The van der Waals surface area contributed by atoms with Crippen molar-refractivity contribution in [2.45, 2.75) is 51.3 Å². The van der Waals surface area contributed by atoms with Crippen LogP contribution in [0.3, 0.4) is 0 Å². The fraction of sp³-hybridized carbons (Fsp3) is 1.00. The van der Waals surface area contributed by atoms with E-state index in [1.165, 1.54) is 32.4 Å². The molecule has 0 spiro atoms. The van der Waals surface area contributed by atoms with E-state index in [9.17, 15) is 0 Å². The molecule has 0 bridgehead atoms. The first-order valence-electron chi connectivity index (χ1n) is 6.40. The molecule has 0 saturated carbocycles. The summed E-state index contributed by atoms with van der Waals surface area (Å²) in [5, 5.41) is 3.62. The van der Waals surface area contributed by atoms with E-state index < -0.39 is 0 Å². The van der Waals surface area contributed by atoms with Gasteiger partial charge in [0.05, 0.1) is 6.10 Å². The molecule has 3 atom stereocenters. The maximum Gasteiger partial charge on any atom is 0.0703 e. The summed E-state index contributed by atoms with van der Waals surface area (Å²) in [4.78, 5) is 2.62. The third-order valence-electron chi connectivity index (χ3n) is 3.71. The number of rotatable bonds is 4. The van der Waals surface area contributed by atoms with Gasteiger partial charge >= 0.3 is 0 Å². The Labute approximate surface area is 93.2 Å². The van der Waals surface area contributed by atoms with Crippen molar-refractivity contribution in [1.29, 1.82) is 0 Å². The second kappa shape index (κ2) is 5.28. The molecular weight excluding hydrogens is 188 g/mol. The summed E-state index contributed by atoms with van der Waals surface area (Å²) >= 11 is 0. The molecule has 2 heterocycles. The smallest absolute Gasteiger partial charge is 0.0703 e. The average molecular weight is 212 g/mol. The Bertz CT molecular complexity index is 198. The van der Waals surface area contributed by atoms with E-state index in [1.54, 1.807) is 0 Å². The van der Waals surface area contributed by atoms with Crippen molar-refractivity contribution in [2.75, 3.05) is 26.2 Å². The molecule has 3 unspecified atom stereocenters. The van der Waals surface area contributed by atoms with Crippen LogP contribution in [0.25, 0.3) is 0 Å². The maximum absolute atomic E-state index is 5.63. The minimum Gasteiger partial charge on any atom is -0.377 e. The molecule has 0 aromatic heterocycles. The topological polar surface area (TPSA) is 24.5 Å². The van der Waals surface area contributed by atoms with Crippen molar-refractivity contribution in [1.82, 2.24) is 10.2 Å². The highest BCUT2D eigenvalue weighted by Crippen LogP contribution is 2.23. The molecule has 2 aliphatic heterocycles. The third kappa shape index (κ3) is 2.71. The Morgan fingerprint density at radius 2 is 2.27 bits per heavy atom. The van der Waals surface area contributed by atoms with E-state index in [0.717, 1.165) is 19.2 Å². The van der Waals surface area contributed by atoms with E-state index in [2.05, 4.69) is 24.1 Å². The largest absolute Gasteiger partial charge is 0.377 e. The predicted molar refractivity (Wildman–Crippen MR) is 62.1 cm³/mol. The molecule has 0 aromatic rings. The van der Waals surface area contributed by atoms with Gasteiger partial charge in [-0.05, 0) is 32.7 Å². The van der Waals surface area contributed by atoms with E-state index in [0.29, 0.717) is 12.1 Å². The number of hydrogen-bond donors (Lipinski definition) is 1. The van der Waals surface area contributed by atoms with Crippen LogP contribution in [-0.4, -0.2) is 49.3 Å². The number of ether oxygens (including phenoxy) is 1. The molecule has 15 heavy (non-hydrogen) atoms. The van der Waals surface area contributed by atoms with Gasteiger partial charge in [0.25, 0.3) is 0 Å². The lowest BCUT2D eigenvalue weighted by Gasteiger charge is -2.26. The van der Waals surface area contributed by atoms with Crippen LogP contribution in [0.15, 0.2) is 0 Å². The second-order valence-electron chi connectivity index (χ2n) is 4.87. The van der Waals surface area contributed by atoms with Crippen molar-refractivity contribution in [3.63, 3.8) is 0 Å². The Kier molecular flexibility index (Phi) is 4.00. The average Bonchev–Trinajstić information content (AvgIpc) is 2.83. The first-order valence-corrected chi connectivity index (χ1v) is 6.40. The second-order valence-corrected chi connectivity index (χ2v) is 4.87. The van der Waals surface area contributed by atoms with Gasteiger partial charge in [-0.1, -0.05) is 6.92 Å². The van der Waals surface area contributed by atoms with Gasteiger partial charge < -0.3 is 10.1 Å². The van der Waals surface area contributed by atoms with Crippen molar-refractivity contribution in [3.05, 3.63) is 0 Å². The summed E-state index contributed by atoms with van der Waals surface area (Å²) in [7, 11) is 0. The van der Waals surface area contributed by atoms with E-state index in [1.807, 2.05) is 0 Å². The minimum atomic E-state index is 0.440. The zero-order chi connectivity index (χ0) is 10.7. The van der Waals surface area contributed by atoms with Crippen LogP contribution in [0.2, 0.25) is 0 Å². The van der Waals surface area contributed by atoms with Crippen LogP contribution >= 0.6 is 0 Å². The number of nitrogens with zero attached hydrogens (tertiary/aromatic N) is 1. The lowest BCUT2D eigenvalue weighted by atomic mass is 10.1.